The second-order valence-electron chi connectivity index (χ2n) is 6.38. The van der Waals surface area contributed by atoms with Gasteiger partial charge in [-0.3, -0.25) is 14.5 Å². The minimum absolute atomic E-state index is 0.0193. The number of amidine groups is 1. The van der Waals surface area contributed by atoms with Crippen molar-refractivity contribution in [3.8, 4) is 5.75 Å². The molecule has 6 nitrogen and oxygen atoms in total. The van der Waals surface area contributed by atoms with E-state index in [9.17, 15) is 9.59 Å². The van der Waals surface area contributed by atoms with Gasteiger partial charge in [0, 0.05) is 29.2 Å². The zero-order chi connectivity index (χ0) is 21.1. The van der Waals surface area contributed by atoms with E-state index in [1.807, 2.05) is 6.92 Å². The van der Waals surface area contributed by atoms with Gasteiger partial charge < -0.3 is 10.1 Å². The monoisotopic (exact) mass is 451 g/mol. The van der Waals surface area contributed by atoms with E-state index in [1.54, 1.807) is 43.4 Å². The van der Waals surface area contributed by atoms with Gasteiger partial charge in [0.1, 0.15) is 16.7 Å². The lowest BCUT2D eigenvalue weighted by Gasteiger charge is -2.11. The summed E-state index contributed by atoms with van der Waals surface area (Å²) in [6.45, 7) is 1.82. The quantitative estimate of drug-likeness (QED) is 0.701. The number of thioether (sulfide) groups is 1. The van der Waals surface area contributed by atoms with E-state index in [-0.39, 0.29) is 18.2 Å². The number of carbonyl (C=O) groups excluding carboxylic acids is 2. The van der Waals surface area contributed by atoms with Gasteiger partial charge in [0.2, 0.25) is 11.8 Å². The first-order valence-electron chi connectivity index (χ1n) is 8.71. The van der Waals surface area contributed by atoms with Crippen LogP contribution in [0.4, 0.5) is 11.4 Å². The molecule has 1 N–H and O–H groups in total. The molecule has 0 bridgehead atoms. The van der Waals surface area contributed by atoms with Gasteiger partial charge in [-0.05, 0) is 42.8 Å². The zero-order valence-electron chi connectivity index (χ0n) is 16.0. The van der Waals surface area contributed by atoms with Crippen molar-refractivity contribution in [1.82, 2.24) is 4.90 Å². The number of hydrogen-bond donors (Lipinski definition) is 1. The molecule has 0 aliphatic carbocycles. The molecule has 2 aromatic carbocycles. The Hall–Kier alpha value is -2.22. The topological polar surface area (TPSA) is 71.0 Å². The minimum Gasteiger partial charge on any atom is -0.494 e. The highest BCUT2D eigenvalue weighted by Gasteiger charge is 2.37. The van der Waals surface area contributed by atoms with Crippen LogP contribution in [0, 0.1) is 6.92 Å². The van der Waals surface area contributed by atoms with E-state index in [4.69, 9.17) is 27.9 Å². The fraction of sp³-hybridized carbons (Fsp3) is 0.250. The highest BCUT2D eigenvalue weighted by molar-refractivity contribution is 8.15. The van der Waals surface area contributed by atoms with Crippen molar-refractivity contribution < 1.29 is 14.3 Å². The summed E-state index contributed by atoms with van der Waals surface area (Å²) in [6, 6.07) is 10.4. The average Bonchev–Trinajstić information content (AvgIpc) is 2.93. The third-order valence-electron chi connectivity index (χ3n) is 4.41. The maximum absolute atomic E-state index is 12.6. The smallest absolute Gasteiger partial charge is 0.242 e. The molecule has 1 heterocycles. The van der Waals surface area contributed by atoms with Crippen LogP contribution in [0.5, 0.6) is 5.75 Å². The normalized spacial score (nSPS) is 17.7. The Morgan fingerprint density at radius 2 is 2.07 bits per heavy atom. The highest BCUT2D eigenvalue weighted by Crippen LogP contribution is 2.35. The number of anilines is 1. The van der Waals surface area contributed by atoms with Crippen LogP contribution in [0.15, 0.2) is 41.4 Å². The molecule has 0 saturated carbocycles. The number of nitrogens with zero attached hydrogens (tertiary/aromatic N) is 2. The summed E-state index contributed by atoms with van der Waals surface area (Å²) in [4.78, 5) is 31.0. The molecule has 1 fully saturated rings. The number of carbonyl (C=O) groups is 2. The van der Waals surface area contributed by atoms with Crippen LogP contribution in [0.2, 0.25) is 10.0 Å². The van der Waals surface area contributed by atoms with Crippen LogP contribution in [0.1, 0.15) is 12.0 Å². The van der Waals surface area contributed by atoms with Gasteiger partial charge in [-0.1, -0.05) is 41.0 Å². The maximum Gasteiger partial charge on any atom is 0.242 e. The van der Waals surface area contributed by atoms with Crippen molar-refractivity contribution >= 4 is 63.3 Å². The summed E-state index contributed by atoms with van der Waals surface area (Å²) in [6.07, 6.45) is 0.0193. The molecule has 9 heteroatoms. The Kier molecular flexibility index (Phi) is 6.72. The largest absolute Gasteiger partial charge is 0.494 e. The molecule has 2 amide bonds. The van der Waals surface area contributed by atoms with E-state index in [0.717, 1.165) is 5.56 Å². The molecule has 0 unspecified atom stereocenters. The summed E-state index contributed by atoms with van der Waals surface area (Å²) in [5, 5.41) is 3.81. The number of halogens is 2. The molecule has 0 aromatic heterocycles. The van der Waals surface area contributed by atoms with Gasteiger partial charge in [-0.25, -0.2) is 4.99 Å². The van der Waals surface area contributed by atoms with E-state index in [1.165, 1.54) is 23.8 Å². The van der Waals surface area contributed by atoms with E-state index < -0.39 is 5.25 Å². The number of rotatable bonds is 5. The van der Waals surface area contributed by atoms with Crippen LogP contribution in [0.3, 0.4) is 0 Å². The predicted molar refractivity (Wildman–Crippen MR) is 119 cm³/mol. The van der Waals surface area contributed by atoms with Gasteiger partial charge in [-0.15, -0.1) is 0 Å². The SMILES string of the molecule is COc1ccc(Cl)cc1N=C1S[C@@H](CC(=O)Nc2cccc(Cl)c2C)C(=O)N1C. The molecule has 1 saturated heterocycles. The summed E-state index contributed by atoms with van der Waals surface area (Å²) >= 11 is 13.4. The summed E-state index contributed by atoms with van der Waals surface area (Å²) in [7, 11) is 3.17. The minimum atomic E-state index is -0.566. The van der Waals surface area contributed by atoms with Crippen molar-refractivity contribution in [1.29, 1.82) is 0 Å². The number of aliphatic imine (C=N–C) groups is 1. The molecule has 0 radical (unpaired) electrons. The molecule has 1 aliphatic heterocycles. The van der Waals surface area contributed by atoms with Crippen molar-refractivity contribution in [2.24, 2.45) is 4.99 Å². The van der Waals surface area contributed by atoms with Gasteiger partial charge in [0.25, 0.3) is 0 Å². The molecule has 0 spiro atoms. The lowest BCUT2D eigenvalue weighted by atomic mass is 10.2. The fourth-order valence-electron chi connectivity index (χ4n) is 2.76. The number of ether oxygens (including phenoxy) is 1. The first-order valence-corrected chi connectivity index (χ1v) is 10.3. The number of benzene rings is 2. The number of nitrogens with one attached hydrogen (secondary N) is 1. The first-order chi connectivity index (χ1) is 13.8. The molecule has 3 rings (SSSR count). The van der Waals surface area contributed by atoms with Gasteiger partial charge in [0.15, 0.2) is 5.17 Å². The highest BCUT2D eigenvalue weighted by atomic mass is 35.5. The standard InChI is InChI=1S/C20H19Cl2N3O3S/c1-11-13(22)5-4-6-14(11)23-18(26)10-17-19(27)25(2)20(29-17)24-15-9-12(21)7-8-16(15)28-3/h4-9,17H,10H2,1-3H3,(H,23,26)/t17-/m0/s1. The van der Waals surface area contributed by atoms with Crippen molar-refractivity contribution in [2.45, 2.75) is 18.6 Å². The van der Waals surface area contributed by atoms with E-state index >= 15 is 0 Å². The molecular weight excluding hydrogens is 433 g/mol. The Labute approximate surface area is 183 Å². The summed E-state index contributed by atoms with van der Waals surface area (Å²) in [5.74, 6) is 0.0879. The van der Waals surface area contributed by atoms with Crippen molar-refractivity contribution in [3.63, 3.8) is 0 Å². The Balaban J connectivity index is 1.74. The Bertz CT molecular complexity index is 997. The zero-order valence-corrected chi connectivity index (χ0v) is 18.4. The van der Waals surface area contributed by atoms with Gasteiger partial charge in [-0.2, -0.15) is 0 Å². The third-order valence-corrected chi connectivity index (χ3v) is 6.28. The predicted octanol–water partition coefficient (Wildman–Crippen LogP) is 4.90. The summed E-state index contributed by atoms with van der Waals surface area (Å²) in [5.41, 5.74) is 1.92. The molecular formula is C20H19Cl2N3O3S. The molecule has 2 aromatic rings. The maximum atomic E-state index is 12.6. The second-order valence-corrected chi connectivity index (χ2v) is 8.39. The molecule has 152 valence electrons. The van der Waals surface area contributed by atoms with Crippen LogP contribution >= 0.6 is 35.0 Å². The summed E-state index contributed by atoms with van der Waals surface area (Å²) < 4.78 is 5.30. The van der Waals surface area contributed by atoms with Crippen LogP contribution in [-0.2, 0) is 9.59 Å². The number of methoxy groups -OCH3 is 1. The van der Waals surface area contributed by atoms with Crippen molar-refractivity contribution in [2.75, 3.05) is 19.5 Å². The molecule has 1 atom stereocenters. The van der Waals surface area contributed by atoms with Gasteiger partial charge >= 0.3 is 0 Å². The Morgan fingerprint density at radius 3 is 2.79 bits per heavy atom. The fourth-order valence-corrected chi connectivity index (χ4v) is 4.25. The third kappa shape index (κ3) is 4.86. The molecule has 1 aliphatic rings. The van der Waals surface area contributed by atoms with Crippen LogP contribution in [0.25, 0.3) is 0 Å². The van der Waals surface area contributed by atoms with Crippen LogP contribution in [-0.4, -0.2) is 41.3 Å². The van der Waals surface area contributed by atoms with Gasteiger partial charge in [0.05, 0.1) is 7.11 Å². The number of amides is 2. The second kappa shape index (κ2) is 9.07. The lowest BCUT2D eigenvalue weighted by molar-refractivity contribution is -0.127. The van der Waals surface area contributed by atoms with E-state index in [2.05, 4.69) is 10.3 Å². The van der Waals surface area contributed by atoms with Crippen molar-refractivity contribution in [3.05, 3.63) is 52.0 Å². The lowest BCUT2D eigenvalue weighted by Crippen LogP contribution is -2.30. The van der Waals surface area contributed by atoms with Crippen LogP contribution < -0.4 is 10.1 Å². The number of hydrogen-bond acceptors (Lipinski definition) is 5. The first kappa shape index (κ1) is 21.5. The van der Waals surface area contributed by atoms with E-state index in [0.29, 0.717) is 32.3 Å². The Morgan fingerprint density at radius 1 is 1.31 bits per heavy atom. The average molecular weight is 452 g/mol. The molecule has 29 heavy (non-hydrogen) atoms.